The first kappa shape index (κ1) is 31.9. The fraction of sp³-hybridized carbons (Fsp3) is 0.310. The van der Waals surface area contributed by atoms with E-state index in [1.165, 1.54) is 23.1 Å². The summed E-state index contributed by atoms with van der Waals surface area (Å²) in [4.78, 5) is 29.2. The fourth-order valence-corrected chi connectivity index (χ4v) is 5.75. The summed E-state index contributed by atoms with van der Waals surface area (Å²) in [5.74, 6) is -0.876. The van der Waals surface area contributed by atoms with Gasteiger partial charge in [0, 0.05) is 28.5 Å². The molecule has 0 bridgehead atoms. The number of benzene rings is 3. The van der Waals surface area contributed by atoms with E-state index in [0.717, 1.165) is 26.2 Å². The molecule has 7 nitrogen and oxygen atoms in total. The van der Waals surface area contributed by atoms with Gasteiger partial charge in [-0.3, -0.25) is 13.9 Å². The molecule has 0 aliphatic rings. The second-order valence-corrected chi connectivity index (χ2v) is 13.2. The van der Waals surface area contributed by atoms with Crippen LogP contribution in [0.4, 0.5) is 5.69 Å². The maximum absolute atomic E-state index is 14.1. The SMILES string of the molecule is CC[C@@H](C)NC(=O)[C@H](Cc1ccccc1)N(Cc1ccc(Br)cc1)C(=O)CN(c1ccc(Cl)cc1Cl)S(C)(=O)=O. The van der Waals surface area contributed by atoms with Crippen LogP contribution in [0.25, 0.3) is 0 Å². The van der Waals surface area contributed by atoms with Gasteiger partial charge in [-0.25, -0.2) is 8.42 Å². The third kappa shape index (κ3) is 8.96. The van der Waals surface area contributed by atoms with Gasteiger partial charge < -0.3 is 10.2 Å². The largest absolute Gasteiger partial charge is 0.352 e. The van der Waals surface area contributed by atoms with Gasteiger partial charge in [-0.1, -0.05) is 88.5 Å². The van der Waals surface area contributed by atoms with Crippen molar-refractivity contribution in [1.29, 1.82) is 0 Å². The van der Waals surface area contributed by atoms with Gasteiger partial charge in [0.1, 0.15) is 12.6 Å². The van der Waals surface area contributed by atoms with Crippen molar-refractivity contribution in [1.82, 2.24) is 10.2 Å². The van der Waals surface area contributed by atoms with Gasteiger partial charge in [0.2, 0.25) is 21.8 Å². The predicted octanol–water partition coefficient (Wildman–Crippen LogP) is 6.08. The van der Waals surface area contributed by atoms with Crippen LogP contribution in [0.3, 0.4) is 0 Å². The van der Waals surface area contributed by atoms with Crippen LogP contribution in [0, 0.1) is 0 Å². The Balaban J connectivity index is 2.07. The van der Waals surface area contributed by atoms with Crippen molar-refractivity contribution in [3.8, 4) is 0 Å². The Morgan fingerprint density at radius 1 is 0.975 bits per heavy atom. The van der Waals surface area contributed by atoms with Gasteiger partial charge in [0.15, 0.2) is 0 Å². The number of hydrogen-bond donors (Lipinski definition) is 1. The second kappa shape index (κ2) is 14.3. The molecule has 0 saturated carbocycles. The number of amides is 2. The molecule has 3 aromatic carbocycles. The summed E-state index contributed by atoms with van der Waals surface area (Å²) < 4.78 is 27.6. The van der Waals surface area contributed by atoms with Crippen LogP contribution >= 0.6 is 39.1 Å². The maximum Gasteiger partial charge on any atom is 0.244 e. The van der Waals surface area contributed by atoms with Crippen LogP contribution in [-0.2, 0) is 32.6 Å². The molecule has 3 aromatic rings. The topological polar surface area (TPSA) is 86.8 Å². The normalized spacial score (nSPS) is 12.8. The average Bonchev–Trinajstić information content (AvgIpc) is 2.90. The fourth-order valence-electron chi connectivity index (χ4n) is 4.06. The van der Waals surface area contributed by atoms with E-state index in [-0.39, 0.29) is 35.6 Å². The van der Waals surface area contributed by atoms with Gasteiger partial charge in [-0.05, 0) is 54.8 Å². The molecule has 11 heteroatoms. The van der Waals surface area contributed by atoms with E-state index in [0.29, 0.717) is 11.4 Å². The highest BCUT2D eigenvalue weighted by atomic mass is 79.9. The van der Waals surface area contributed by atoms with E-state index < -0.39 is 28.5 Å². The number of sulfonamides is 1. The summed E-state index contributed by atoms with van der Waals surface area (Å²) in [6.07, 6.45) is 1.95. The third-order valence-electron chi connectivity index (χ3n) is 6.40. The Morgan fingerprint density at radius 3 is 2.20 bits per heavy atom. The van der Waals surface area contributed by atoms with Crippen molar-refractivity contribution >= 4 is 66.7 Å². The summed E-state index contributed by atoms with van der Waals surface area (Å²) >= 11 is 15.8. The Kier molecular flexibility index (Phi) is 11.5. The van der Waals surface area contributed by atoms with Crippen LogP contribution in [-0.4, -0.2) is 50.0 Å². The number of nitrogens with zero attached hydrogens (tertiary/aromatic N) is 2. The number of halogens is 3. The lowest BCUT2D eigenvalue weighted by Gasteiger charge is -2.34. The Bertz CT molecular complexity index is 1420. The number of nitrogens with one attached hydrogen (secondary N) is 1. The van der Waals surface area contributed by atoms with Gasteiger partial charge in [0.05, 0.1) is 17.0 Å². The minimum atomic E-state index is -3.94. The van der Waals surface area contributed by atoms with Crippen molar-refractivity contribution in [2.24, 2.45) is 0 Å². The summed E-state index contributed by atoms with van der Waals surface area (Å²) in [7, 11) is -3.94. The number of rotatable bonds is 12. The summed E-state index contributed by atoms with van der Waals surface area (Å²) in [5.41, 5.74) is 1.76. The second-order valence-electron chi connectivity index (χ2n) is 9.54. The zero-order valence-corrected chi connectivity index (χ0v) is 26.4. The molecule has 1 N–H and O–H groups in total. The standard InChI is InChI=1S/C29H32BrCl2N3O4S/c1-4-20(2)33-29(37)27(16-21-8-6-5-7-9-21)34(18-22-10-12-23(30)13-11-22)28(36)19-35(40(3,38)39)26-15-14-24(31)17-25(26)32/h5-15,17,20,27H,4,16,18-19H2,1-3H3,(H,33,37)/t20-,27+/m1/s1. The predicted molar refractivity (Wildman–Crippen MR) is 165 cm³/mol. The first-order valence-corrected chi connectivity index (χ1v) is 16.1. The van der Waals surface area contributed by atoms with Gasteiger partial charge in [-0.15, -0.1) is 0 Å². The molecule has 40 heavy (non-hydrogen) atoms. The van der Waals surface area contributed by atoms with E-state index in [4.69, 9.17) is 23.2 Å². The highest BCUT2D eigenvalue weighted by molar-refractivity contribution is 9.10. The minimum Gasteiger partial charge on any atom is -0.352 e. The van der Waals surface area contributed by atoms with Crippen LogP contribution in [0.1, 0.15) is 31.4 Å². The number of carbonyl (C=O) groups is 2. The lowest BCUT2D eigenvalue weighted by Crippen LogP contribution is -2.54. The Morgan fingerprint density at radius 2 is 1.62 bits per heavy atom. The maximum atomic E-state index is 14.1. The zero-order valence-electron chi connectivity index (χ0n) is 22.5. The minimum absolute atomic E-state index is 0.0838. The summed E-state index contributed by atoms with van der Waals surface area (Å²) in [6, 6.07) is 20.1. The molecule has 0 aliphatic carbocycles. The van der Waals surface area contributed by atoms with Crippen molar-refractivity contribution in [2.75, 3.05) is 17.1 Å². The molecule has 2 amide bonds. The number of anilines is 1. The highest BCUT2D eigenvalue weighted by Crippen LogP contribution is 2.30. The van der Waals surface area contributed by atoms with Crippen LogP contribution in [0.2, 0.25) is 10.0 Å². The first-order chi connectivity index (χ1) is 18.9. The van der Waals surface area contributed by atoms with E-state index in [9.17, 15) is 18.0 Å². The van der Waals surface area contributed by atoms with Crippen LogP contribution in [0.15, 0.2) is 77.3 Å². The molecule has 214 valence electrons. The van der Waals surface area contributed by atoms with Gasteiger partial charge >= 0.3 is 0 Å². The van der Waals surface area contributed by atoms with Crippen molar-refractivity contribution in [2.45, 2.75) is 45.3 Å². The van der Waals surface area contributed by atoms with Gasteiger partial charge in [0.25, 0.3) is 0 Å². The van der Waals surface area contributed by atoms with Crippen LogP contribution < -0.4 is 9.62 Å². The quantitative estimate of drug-likeness (QED) is 0.254. The van der Waals surface area contributed by atoms with Crippen molar-refractivity contribution < 1.29 is 18.0 Å². The summed E-state index contributed by atoms with van der Waals surface area (Å²) in [5, 5.41) is 3.42. The van der Waals surface area contributed by atoms with E-state index >= 15 is 0 Å². The molecule has 3 rings (SSSR count). The molecular weight excluding hydrogens is 637 g/mol. The van der Waals surface area contributed by atoms with Crippen molar-refractivity contribution in [3.05, 3.63) is 98.4 Å². The third-order valence-corrected chi connectivity index (χ3v) is 8.59. The molecule has 0 radical (unpaired) electrons. The lowest BCUT2D eigenvalue weighted by atomic mass is 10.0. The monoisotopic (exact) mass is 667 g/mol. The Hall–Kier alpha value is -2.59. The highest BCUT2D eigenvalue weighted by Gasteiger charge is 2.33. The molecule has 0 aromatic heterocycles. The molecule has 2 atom stereocenters. The van der Waals surface area contributed by atoms with Crippen LogP contribution in [0.5, 0.6) is 0 Å². The van der Waals surface area contributed by atoms with E-state index in [2.05, 4.69) is 21.2 Å². The molecule has 0 heterocycles. The lowest BCUT2D eigenvalue weighted by molar-refractivity contribution is -0.140. The first-order valence-electron chi connectivity index (χ1n) is 12.7. The summed E-state index contributed by atoms with van der Waals surface area (Å²) in [6.45, 7) is 3.39. The van der Waals surface area contributed by atoms with Gasteiger partial charge in [-0.2, -0.15) is 0 Å². The van der Waals surface area contributed by atoms with E-state index in [1.54, 1.807) is 0 Å². The molecule has 0 fully saturated rings. The number of carbonyl (C=O) groups excluding carboxylic acids is 2. The van der Waals surface area contributed by atoms with E-state index in [1.807, 2.05) is 68.4 Å². The molecule has 0 saturated heterocycles. The molecular formula is C29H32BrCl2N3O4S. The molecule has 0 spiro atoms. The number of hydrogen-bond acceptors (Lipinski definition) is 4. The molecule has 0 aliphatic heterocycles. The zero-order chi connectivity index (χ0) is 29.4. The Labute approximate surface area is 254 Å². The smallest absolute Gasteiger partial charge is 0.244 e. The van der Waals surface area contributed by atoms with Crippen molar-refractivity contribution in [3.63, 3.8) is 0 Å². The molecule has 0 unspecified atom stereocenters. The average molecular weight is 669 g/mol.